The van der Waals surface area contributed by atoms with Crippen LogP contribution in [0, 0.1) is 0 Å². The molecule has 4 aliphatic rings. The van der Waals surface area contributed by atoms with Gasteiger partial charge >= 0.3 is 0 Å². The molecule has 4 nitrogen and oxygen atoms in total. The first-order valence-corrected chi connectivity index (χ1v) is 38.4. The summed E-state index contributed by atoms with van der Waals surface area (Å²) in [6.45, 7) is 43.3. The van der Waals surface area contributed by atoms with E-state index in [2.05, 4.69) is 377 Å². The Balaban J connectivity index is 1.11. The first kappa shape index (κ1) is 67.3. The zero-order chi connectivity index (χ0) is 73.8. The number of fused-ring (bicyclic) bond motifs is 8. The van der Waals surface area contributed by atoms with E-state index in [0.717, 1.165) is 57.1 Å². The zero-order valence-corrected chi connectivity index (χ0v) is 65.0. The van der Waals surface area contributed by atoms with Crippen molar-refractivity contribution in [2.24, 2.45) is 0 Å². The summed E-state index contributed by atoms with van der Waals surface area (Å²) in [6.07, 6.45) is 0. The topological polar surface area (TPSA) is 24.9 Å². The van der Waals surface area contributed by atoms with Gasteiger partial charge in [-0.3, -0.25) is 0 Å². The molecule has 18 rings (SSSR count). The van der Waals surface area contributed by atoms with Crippen LogP contribution in [0.25, 0.3) is 76.8 Å². The third-order valence-corrected chi connectivity index (χ3v) is 23.4. The number of para-hydroxylation sites is 6. The molecule has 0 fully saturated rings. The van der Waals surface area contributed by atoms with Crippen LogP contribution in [0.5, 0.6) is 23.0 Å². The van der Waals surface area contributed by atoms with Gasteiger partial charge in [-0.2, -0.15) is 0 Å². The molecule has 0 spiro atoms. The summed E-state index contributed by atoms with van der Waals surface area (Å²) in [5, 5.41) is 7.75. The largest absolute Gasteiger partial charge is 0.458 e. The molecule has 0 aromatic heterocycles. The van der Waals surface area contributed by atoms with E-state index in [1.54, 1.807) is 0 Å². The Bertz CT molecular complexity index is 5440. The molecule has 6 heteroatoms. The third kappa shape index (κ3) is 10.5. The van der Waals surface area contributed by atoms with Gasteiger partial charge in [-0.25, -0.2) is 0 Å². The Labute approximate surface area is 628 Å². The molecule has 0 radical (unpaired) electrons. The van der Waals surface area contributed by atoms with Crippen molar-refractivity contribution < 1.29 is 9.47 Å². The summed E-state index contributed by atoms with van der Waals surface area (Å²) in [5.41, 5.74) is 30.4. The fraction of sp³-hybridized carbons (Fsp3) is 0.240. The molecular formula is C100H94B2N2O2. The third-order valence-electron chi connectivity index (χ3n) is 23.4. The second-order valence-corrected chi connectivity index (χ2v) is 36.8. The van der Waals surface area contributed by atoms with Gasteiger partial charge in [0.05, 0.1) is 11.4 Å². The van der Waals surface area contributed by atoms with Crippen LogP contribution in [-0.2, 0) is 32.5 Å². The number of rotatable bonds is 8. The molecule has 14 aromatic rings. The molecular weight excluding hydrogens is 1280 g/mol. The predicted molar refractivity (Wildman–Crippen MR) is 456 cm³/mol. The molecule has 0 atom stereocenters. The van der Waals surface area contributed by atoms with Gasteiger partial charge in [-0.05, 0) is 249 Å². The number of benzene rings is 14. The summed E-state index contributed by atoms with van der Waals surface area (Å²) < 4.78 is 15.1. The lowest BCUT2D eigenvalue weighted by Crippen LogP contribution is -2.58. The molecule has 4 aliphatic heterocycles. The van der Waals surface area contributed by atoms with Crippen molar-refractivity contribution in [1.82, 2.24) is 0 Å². The van der Waals surface area contributed by atoms with Crippen molar-refractivity contribution in [2.45, 2.75) is 157 Å². The van der Waals surface area contributed by atoms with Gasteiger partial charge in [0.2, 0.25) is 0 Å². The molecule has 0 saturated carbocycles. The summed E-state index contributed by atoms with van der Waals surface area (Å²) in [6, 6.07) is 92.3. The molecule has 0 amide bonds. The van der Waals surface area contributed by atoms with E-state index in [1.165, 1.54) is 143 Å². The van der Waals surface area contributed by atoms with Crippen LogP contribution in [0.2, 0.25) is 0 Å². The van der Waals surface area contributed by atoms with Crippen LogP contribution in [0.1, 0.15) is 158 Å². The SMILES string of the molecule is CC(C)(C)c1cc(C(C)(C)C)c(-c2cc3c4c(cc5c(-c6c(C(C)(C)C)cc(C(C)(C)C)cc6C(C)(C)C)cc6c7c(cc2c4c57)B2c4ccccc4Oc4cc(N(c5ccccc5)c5ccccc5)cc-6c42)B2c4ccccc4Oc4cc(N(c5ccccc5)c5ccccc5)cc-3c42)c(C(C)(C)C)c1. The van der Waals surface area contributed by atoms with Crippen LogP contribution in [0.15, 0.2) is 243 Å². The minimum Gasteiger partial charge on any atom is -0.458 e. The average Bonchev–Trinajstić information content (AvgIpc) is 0.662. The summed E-state index contributed by atoms with van der Waals surface area (Å²) in [4.78, 5) is 4.85. The van der Waals surface area contributed by atoms with E-state index in [9.17, 15) is 0 Å². The Morgan fingerprint density at radius 2 is 0.528 bits per heavy atom. The summed E-state index contributed by atoms with van der Waals surface area (Å²) in [5.74, 6) is 3.52. The molecule has 0 bridgehead atoms. The fourth-order valence-electron chi connectivity index (χ4n) is 18.4. The van der Waals surface area contributed by atoms with Crippen molar-refractivity contribution in [1.29, 1.82) is 0 Å². The van der Waals surface area contributed by atoms with E-state index < -0.39 is 0 Å². The van der Waals surface area contributed by atoms with Crippen LogP contribution < -0.4 is 52.1 Å². The Morgan fingerprint density at radius 3 is 0.821 bits per heavy atom. The highest BCUT2D eigenvalue weighted by molar-refractivity contribution is 7.01. The minimum atomic E-state index is -0.282. The molecule has 0 saturated heterocycles. The van der Waals surface area contributed by atoms with Gasteiger partial charge in [-0.1, -0.05) is 281 Å². The van der Waals surface area contributed by atoms with Crippen LogP contribution in [0.4, 0.5) is 34.1 Å². The van der Waals surface area contributed by atoms with Crippen molar-refractivity contribution in [3.8, 4) is 67.5 Å². The van der Waals surface area contributed by atoms with Gasteiger partial charge < -0.3 is 19.3 Å². The maximum Gasteiger partial charge on any atom is 0.252 e. The standard InChI is InChI=1S/C100H94B2N2O2/c1-95(2,3)59-47-75(97(7,8)9)87(76(48-59)98(10,11)12)67-55-69-73-51-65(103(61-35-23-19-24-36-61)62-37-25-20-26-38-62)53-85-93(73)102(80-44-32-34-46-84(80)105-85)82-58-72-68(88-77(99(13,14)15)49-60(96(4,5)6)50-78(88)100(16,17)18)56-70-74-52-66(104(63-39-27-21-28-40-63)64-41-29-22-30-42-64)54-86-94(74)101(79-43-31-33-45-83(79)106-86)81-57-71(67)91(89(69)82)92(72)90(70)81/h19-58H,1-18H3. The summed E-state index contributed by atoms with van der Waals surface area (Å²) in [7, 11) is 0. The second kappa shape index (κ2) is 23.5. The van der Waals surface area contributed by atoms with Gasteiger partial charge in [0.25, 0.3) is 13.4 Å². The number of anilines is 6. The van der Waals surface area contributed by atoms with Crippen molar-refractivity contribution in [3.05, 3.63) is 276 Å². The maximum absolute atomic E-state index is 7.55. The number of hydrogen-bond acceptors (Lipinski definition) is 4. The quantitative estimate of drug-likeness (QED) is 0.112. The van der Waals surface area contributed by atoms with E-state index in [1.807, 2.05) is 0 Å². The second-order valence-electron chi connectivity index (χ2n) is 36.8. The molecule has 14 aromatic carbocycles. The number of nitrogens with zero attached hydrogens (tertiary/aromatic N) is 2. The molecule has 0 aliphatic carbocycles. The van der Waals surface area contributed by atoms with Crippen molar-refractivity contribution in [2.75, 3.05) is 9.80 Å². The summed E-state index contributed by atoms with van der Waals surface area (Å²) >= 11 is 0. The van der Waals surface area contributed by atoms with Gasteiger partial charge in [0.15, 0.2) is 0 Å². The molecule has 106 heavy (non-hydrogen) atoms. The lowest BCUT2D eigenvalue weighted by molar-refractivity contribution is 0.487. The van der Waals surface area contributed by atoms with Crippen LogP contribution in [-0.4, -0.2) is 13.4 Å². The Hall–Kier alpha value is -10.6. The highest BCUT2D eigenvalue weighted by atomic mass is 16.5. The van der Waals surface area contributed by atoms with Crippen LogP contribution in [0.3, 0.4) is 0 Å². The highest BCUT2D eigenvalue weighted by Crippen LogP contribution is 2.57. The fourth-order valence-corrected chi connectivity index (χ4v) is 18.4. The lowest BCUT2D eigenvalue weighted by Gasteiger charge is -2.40. The first-order chi connectivity index (χ1) is 50.4. The van der Waals surface area contributed by atoms with E-state index in [0.29, 0.717) is 0 Å². The van der Waals surface area contributed by atoms with E-state index in [4.69, 9.17) is 9.47 Å². The van der Waals surface area contributed by atoms with Gasteiger partial charge in [-0.15, -0.1) is 0 Å². The van der Waals surface area contributed by atoms with E-state index >= 15 is 0 Å². The van der Waals surface area contributed by atoms with Crippen LogP contribution >= 0.6 is 0 Å². The predicted octanol–water partition coefficient (Wildman–Crippen LogP) is 23.8. The molecule has 0 N–H and O–H groups in total. The average molecular weight is 1380 g/mol. The molecule has 4 heterocycles. The maximum atomic E-state index is 7.55. The van der Waals surface area contributed by atoms with Gasteiger partial charge in [0.1, 0.15) is 23.0 Å². The lowest BCUT2D eigenvalue weighted by atomic mass is 9.31. The smallest absolute Gasteiger partial charge is 0.252 e. The molecule has 522 valence electrons. The van der Waals surface area contributed by atoms with Gasteiger partial charge in [0, 0.05) is 34.9 Å². The van der Waals surface area contributed by atoms with Crippen molar-refractivity contribution >= 4 is 113 Å². The van der Waals surface area contributed by atoms with Crippen molar-refractivity contribution in [3.63, 3.8) is 0 Å². The minimum absolute atomic E-state index is 0.128. The zero-order valence-electron chi connectivity index (χ0n) is 65.0. The Morgan fingerprint density at radius 1 is 0.236 bits per heavy atom. The Kier molecular flexibility index (Phi) is 14.9. The molecule has 0 unspecified atom stereocenters. The first-order valence-electron chi connectivity index (χ1n) is 38.4. The van der Waals surface area contributed by atoms with E-state index in [-0.39, 0.29) is 45.9 Å². The number of ether oxygens (including phenoxy) is 2. The monoisotopic (exact) mass is 1380 g/mol. The highest BCUT2D eigenvalue weighted by Gasteiger charge is 2.47. The number of hydrogen-bond donors (Lipinski definition) is 0. The normalized spacial score (nSPS) is 13.7.